The molecule has 1 rings (SSSR count). The maximum Gasteiger partial charge on any atom is 0.407 e. The van der Waals surface area contributed by atoms with Crippen LogP contribution in [0, 0.1) is 11.8 Å². The summed E-state index contributed by atoms with van der Waals surface area (Å²) in [6, 6.07) is 0. The van der Waals surface area contributed by atoms with Crippen molar-refractivity contribution in [2.75, 3.05) is 13.1 Å². The zero-order valence-corrected chi connectivity index (χ0v) is 7.28. The largest absolute Gasteiger partial charge is 0.465 e. The Morgan fingerprint density at radius 1 is 1.42 bits per heavy atom. The number of nitrogens with zero attached hydrogens (tertiary/aromatic N) is 1. The van der Waals surface area contributed by atoms with E-state index in [2.05, 4.69) is 0 Å². The van der Waals surface area contributed by atoms with Gasteiger partial charge in [0, 0.05) is 24.9 Å². The molecule has 0 bridgehead atoms. The third-order valence-electron chi connectivity index (χ3n) is 2.23. The summed E-state index contributed by atoms with van der Waals surface area (Å²) in [5.74, 6) is -0.123. The number of carbonyl (C=O) groups is 2. The van der Waals surface area contributed by atoms with Crippen LogP contribution in [0.15, 0.2) is 0 Å². The molecule has 0 saturated carbocycles. The predicted molar refractivity (Wildman–Crippen MR) is 42.9 cm³/mol. The molecular weight excluding hydrogens is 158 g/mol. The maximum absolute atomic E-state index is 11.3. The average molecular weight is 171 g/mol. The van der Waals surface area contributed by atoms with Gasteiger partial charge < -0.3 is 10.0 Å². The predicted octanol–water partition coefficient (Wildman–Crippen LogP) is 0.821. The van der Waals surface area contributed by atoms with Crippen LogP contribution in [0.1, 0.15) is 13.8 Å². The smallest absolute Gasteiger partial charge is 0.407 e. The molecule has 4 heteroatoms. The summed E-state index contributed by atoms with van der Waals surface area (Å²) >= 11 is 0. The monoisotopic (exact) mass is 171 g/mol. The van der Waals surface area contributed by atoms with Gasteiger partial charge in [-0.25, -0.2) is 4.79 Å². The van der Waals surface area contributed by atoms with E-state index in [1.807, 2.05) is 0 Å². The number of carbonyl (C=O) groups excluding carboxylic acids is 1. The number of piperidine rings is 1. The molecule has 2 atom stereocenters. The molecule has 0 spiro atoms. The van der Waals surface area contributed by atoms with Gasteiger partial charge in [-0.2, -0.15) is 0 Å². The van der Waals surface area contributed by atoms with Gasteiger partial charge in [0.25, 0.3) is 0 Å². The van der Waals surface area contributed by atoms with Crippen molar-refractivity contribution in [2.24, 2.45) is 11.8 Å². The number of hydrogen-bond acceptors (Lipinski definition) is 2. The summed E-state index contributed by atoms with van der Waals surface area (Å²) in [4.78, 5) is 23.1. The molecule has 1 unspecified atom stereocenters. The van der Waals surface area contributed by atoms with Crippen LogP contribution in [-0.4, -0.2) is 35.0 Å². The van der Waals surface area contributed by atoms with Crippen molar-refractivity contribution in [1.29, 1.82) is 0 Å². The van der Waals surface area contributed by atoms with E-state index in [-0.39, 0.29) is 17.6 Å². The lowest BCUT2D eigenvalue weighted by Gasteiger charge is -2.31. The lowest BCUT2D eigenvalue weighted by atomic mass is 9.90. The molecule has 1 heterocycles. The summed E-state index contributed by atoms with van der Waals surface area (Å²) in [5.41, 5.74) is 0. The summed E-state index contributed by atoms with van der Waals surface area (Å²) in [5, 5.41) is 8.67. The van der Waals surface area contributed by atoms with Crippen molar-refractivity contribution in [2.45, 2.75) is 13.8 Å². The molecule has 1 fully saturated rings. The molecule has 1 aliphatic heterocycles. The molecule has 68 valence electrons. The molecule has 0 aromatic carbocycles. The van der Waals surface area contributed by atoms with Crippen LogP contribution in [-0.2, 0) is 4.79 Å². The molecule has 0 aliphatic carbocycles. The summed E-state index contributed by atoms with van der Waals surface area (Å²) in [6.45, 7) is 4.23. The Morgan fingerprint density at radius 3 is 2.17 bits per heavy atom. The first kappa shape index (κ1) is 9.03. The molecule has 0 aromatic rings. The molecular formula is C8H13NO3. The molecule has 12 heavy (non-hydrogen) atoms. The van der Waals surface area contributed by atoms with Crippen LogP contribution >= 0.6 is 0 Å². The third kappa shape index (κ3) is 1.57. The second-order valence-corrected chi connectivity index (χ2v) is 3.39. The van der Waals surface area contributed by atoms with Crippen LogP contribution in [0.25, 0.3) is 0 Å². The minimum Gasteiger partial charge on any atom is -0.465 e. The topological polar surface area (TPSA) is 57.6 Å². The summed E-state index contributed by atoms with van der Waals surface area (Å²) < 4.78 is 0. The fourth-order valence-corrected chi connectivity index (χ4v) is 1.56. The zero-order valence-electron chi connectivity index (χ0n) is 7.28. The Balaban J connectivity index is 2.65. The molecule has 1 saturated heterocycles. The number of Topliss-reactive ketones (excluding diaryl/α,β-unsaturated/α-hetero) is 1. The van der Waals surface area contributed by atoms with E-state index in [0.29, 0.717) is 13.1 Å². The lowest BCUT2D eigenvalue weighted by molar-refractivity contribution is -0.129. The second kappa shape index (κ2) is 3.13. The minimum absolute atomic E-state index is 0.148. The molecule has 1 amide bonds. The first-order valence-electron chi connectivity index (χ1n) is 4.04. The lowest BCUT2D eigenvalue weighted by Crippen LogP contribution is -2.47. The Kier molecular flexibility index (Phi) is 2.35. The van der Waals surface area contributed by atoms with E-state index in [1.54, 1.807) is 13.8 Å². The van der Waals surface area contributed by atoms with Gasteiger partial charge in [0.2, 0.25) is 0 Å². The van der Waals surface area contributed by atoms with Gasteiger partial charge in [-0.05, 0) is 0 Å². The molecule has 0 radical (unpaired) electrons. The maximum atomic E-state index is 11.3. The quantitative estimate of drug-likeness (QED) is 0.587. The standard InChI is InChI=1S/C8H13NO3/c1-5-3-9(8(11)12)4-6(2)7(5)10/h5-6H,3-4H2,1-2H3,(H,11,12)/t5-,6?/m1/s1. The molecule has 1 N–H and O–H groups in total. The SMILES string of the molecule is CC1CN(C(=O)O)C[C@@H](C)C1=O. The highest BCUT2D eigenvalue weighted by Crippen LogP contribution is 2.17. The van der Waals surface area contributed by atoms with Crippen molar-refractivity contribution in [3.63, 3.8) is 0 Å². The Morgan fingerprint density at radius 2 is 1.83 bits per heavy atom. The Hall–Kier alpha value is -1.06. The van der Waals surface area contributed by atoms with Crippen LogP contribution in [0.3, 0.4) is 0 Å². The van der Waals surface area contributed by atoms with Gasteiger partial charge in [0.15, 0.2) is 0 Å². The summed E-state index contributed by atoms with van der Waals surface area (Å²) in [6.07, 6.45) is -0.929. The van der Waals surface area contributed by atoms with E-state index in [1.165, 1.54) is 4.90 Å². The number of hydrogen-bond donors (Lipinski definition) is 1. The van der Waals surface area contributed by atoms with Crippen molar-refractivity contribution in [3.8, 4) is 0 Å². The fourth-order valence-electron chi connectivity index (χ4n) is 1.56. The van der Waals surface area contributed by atoms with Gasteiger partial charge >= 0.3 is 6.09 Å². The van der Waals surface area contributed by atoms with E-state index >= 15 is 0 Å². The highest BCUT2D eigenvalue weighted by molar-refractivity contribution is 5.85. The summed E-state index contributed by atoms with van der Waals surface area (Å²) in [7, 11) is 0. The van der Waals surface area contributed by atoms with E-state index in [9.17, 15) is 9.59 Å². The van der Waals surface area contributed by atoms with Gasteiger partial charge in [-0.15, -0.1) is 0 Å². The molecule has 4 nitrogen and oxygen atoms in total. The first-order valence-corrected chi connectivity index (χ1v) is 4.04. The van der Waals surface area contributed by atoms with Gasteiger partial charge in [-0.3, -0.25) is 4.79 Å². The van der Waals surface area contributed by atoms with Crippen LogP contribution in [0.2, 0.25) is 0 Å². The van der Waals surface area contributed by atoms with Crippen LogP contribution < -0.4 is 0 Å². The number of amides is 1. The van der Waals surface area contributed by atoms with Gasteiger partial charge in [0.1, 0.15) is 5.78 Å². The highest BCUT2D eigenvalue weighted by Gasteiger charge is 2.31. The second-order valence-electron chi connectivity index (χ2n) is 3.39. The van der Waals surface area contributed by atoms with Gasteiger partial charge in [-0.1, -0.05) is 13.8 Å². The Bertz CT molecular complexity index is 200. The number of carboxylic acid groups (broad SMARTS) is 1. The van der Waals surface area contributed by atoms with Crippen molar-refractivity contribution >= 4 is 11.9 Å². The van der Waals surface area contributed by atoms with E-state index < -0.39 is 6.09 Å². The molecule has 0 aromatic heterocycles. The average Bonchev–Trinajstić information content (AvgIpc) is 1.99. The first-order chi connectivity index (χ1) is 5.52. The fraction of sp³-hybridized carbons (Fsp3) is 0.750. The van der Waals surface area contributed by atoms with E-state index in [4.69, 9.17) is 5.11 Å². The van der Waals surface area contributed by atoms with Crippen molar-refractivity contribution in [3.05, 3.63) is 0 Å². The highest BCUT2D eigenvalue weighted by atomic mass is 16.4. The Labute approximate surface area is 71.2 Å². The third-order valence-corrected chi connectivity index (χ3v) is 2.23. The van der Waals surface area contributed by atoms with E-state index in [0.717, 1.165) is 0 Å². The number of ketones is 1. The number of likely N-dealkylation sites (tertiary alicyclic amines) is 1. The normalized spacial score (nSPS) is 30.5. The van der Waals surface area contributed by atoms with Crippen LogP contribution in [0.5, 0.6) is 0 Å². The van der Waals surface area contributed by atoms with Crippen LogP contribution in [0.4, 0.5) is 4.79 Å². The van der Waals surface area contributed by atoms with Gasteiger partial charge in [0.05, 0.1) is 0 Å². The molecule has 1 aliphatic rings. The minimum atomic E-state index is -0.929. The number of rotatable bonds is 0. The zero-order chi connectivity index (χ0) is 9.30. The van der Waals surface area contributed by atoms with Crippen molar-refractivity contribution < 1.29 is 14.7 Å². The van der Waals surface area contributed by atoms with Crippen molar-refractivity contribution in [1.82, 2.24) is 4.90 Å².